The number of hydrogen-bond acceptors (Lipinski definition) is 7. The highest BCUT2D eigenvalue weighted by atomic mass is 32.1. The van der Waals surface area contributed by atoms with Gasteiger partial charge in [0.1, 0.15) is 5.75 Å². The Bertz CT molecular complexity index is 1060. The number of nitro groups is 1. The molecule has 8 nitrogen and oxygen atoms in total. The van der Waals surface area contributed by atoms with Gasteiger partial charge in [0.15, 0.2) is 10.9 Å². The van der Waals surface area contributed by atoms with E-state index in [0.29, 0.717) is 11.3 Å². The molecule has 0 aliphatic heterocycles. The molecule has 0 fully saturated rings. The summed E-state index contributed by atoms with van der Waals surface area (Å²) >= 11 is 1.07. The predicted octanol–water partition coefficient (Wildman–Crippen LogP) is 4.58. The van der Waals surface area contributed by atoms with E-state index in [1.807, 2.05) is 0 Å². The minimum Gasteiger partial charge on any atom is -0.490 e. The lowest BCUT2D eigenvalue weighted by Crippen LogP contribution is -2.12. The highest BCUT2D eigenvalue weighted by Gasteiger charge is 2.19. The number of rotatable bonds is 7. The fourth-order valence-corrected chi connectivity index (χ4v) is 3.18. The van der Waals surface area contributed by atoms with E-state index in [-0.39, 0.29) is 27.9 Å². The summed E-state index contributed by atoms with van der Waals surface area (Å²) in [5.74, 6) is -0.635. The lowest BCUT2D eigenvalue weighted by atomic mass is 10.1. The summed E-state index contributed by atoms with van der Waals surface area (Å²) in [5.41, 5.74) is 0.362. The molecule has 3 rings (SSSR count). The molecular weight excluding hydrogens is 408 g/mol. The number of nitrogens with one attached hydrogen (secondary N) is 1. The van der Waals surface area contributed by atoms with Crippen molar-refractivity contribution in [3.05, 3.63) is 63.5 Å². The van der Waals surface area contributed by atoms with Gasteiger partial charge < -0.3 is 9.47 Å². The second-order valence-electron chi connectivity index (χ2n) is 5.51. The van der Waals surface area contributed by atoms with Crippen LogP contribution in [0.25, 0.3) is 11.3 Å². The molecule has 0 saturated heterocycles. The number of benzene rings is 2. The summed E-state index contributed by atoms with van der Waals surface area (Å²) in [7, 11) is 1.29. The summed E-state index contributed by atoms with van der Waals surface area (Å²) in [4.78, 5) is 27.1. The van der Waals surface area contributed by atoms with Crippen molar-refractivity contribution >= 4 is 28.1 Å². The number of methoxy groups -OCH3 is 1. The minimum absolute atomic E-state index is 0.0266. The second-order valence-corrected chi connectivity index (χ2v) is 6.37. The van der Waals surface area contributed by atoms with E-state index in [2.05, 4.69) is 15.0 Å². The summed E-state index contributed by atoms with van der Waals surface area (Å²) in [6.45, 7) is -2.99. The maximum atomic E-state index is 12.6. The molecule has 3 aromatic rings. The number of alkyl halides is 2. The van der Waals surface area contributed by atoms with Crippen molar-refractivity contribution in [3.63, 3.8) is 0 Å². The molecule has 1 amide bonds. The van der Waals surface area contributed by atoms with Gasteiger partial charge in [-0.1, -0.05) is 12.1 Å². The van der Waals surface area contributed by atoms with Crippen molar-refractivity contribution in [1.82, 2.24) is 4.98 Å². The summed E-state index contributed by atoms with van der Waals surface area (Å²) in [5, 5.41) is 15.4. The Morgan fingerprint density at radius 2 is 2.00 bits per heavy atom. The number of carbonyl (C=O) groups excluding carboxylic acids is 1. The number of para-hydroxylation sites is 1. The normalized spacial score (nSPS) is 10.6. The average molecular weight is 421 g/mol. The van der Waals surface area contributed by atoms with Gasteiger partial charge in [-0.3, -0.25) is 20.2 Å². The van der Waals surface area contributed by atoms with E-state index in [9.17, 15) is 23.7 Å². The van der Waals surface area contributed by atoms with Crippen LogP contribution in [0.5, 0.6) is 11.5 Å². The zero-order chi connectivity index (χ0) is 21.0. The Labute approximate surface area is 166 Å². The van der Waals surface area contributed by atoms with Crippen LogP contribution in [0, 0.1) is 10.1 Å². The number of hydrogen-bond donors (Lipinski definition) is 1. The zero-order valence-electron chi connectivity index (χ0n) is 14.8. The van der Waals surface area contributed by atoms with E-state index >= 15 is 0 Å². The number of carbonyl (C=O) groups is 1. The first-order valence-corrected chi connectivity index (χ1v) is 8.90. The Kier molecular flexibility index (Phi) is 5.98. The number of aromatic nitrogens is 1. The van der Waals surface area contributed by atoms with E-state index in [4.69, 9.17) is 4.74 Å². The summed E-state index contributed by atoms with van der Waals surface area (Å²) in [6.07, 6.45) is 0. The highest BCUT2D eigenvalue weighted by Crippen LogP contribution is 2.33. The molecule has 0 aliphatic carbocycles. The topological polar surface area (TPSA) is 104 Å². The smallest absolute Gasteiger partial charge is 0.387 e. The average Bonchev–Trinajstić information content (AvgIpc) is 3.15. The van der Waals surface area contributed by atoms with Crippen LogP contribution in [-0.2, 0) is 0 Å². The molecule has 0 atom stereocenters. The first-order valence-electron chi connectivity index (χ1n) is 8.02. The van der Waals surface area contributed by atoms with Gasteiger partial charge in [0, 0.05) is 22.6 Å². The fourth-order valence-electron chi connectivity index (χ4n) is 2.48. The Balaban J connectivity index is 1.82. The number of nitrogens with zero attached hydrogens (tertiary/aromatic N) is 2. The molecule has 0 saturated carbocycles. The number of ether oxygens (including phenoxy) is 2. The van der Waals surface area contributed by atoms with Gasteiger partial charge in [-0.15, -0.1) is 11.3 Å². The van der Waals surface area contributed by atoms with E-state index in [1.165, 1.54) is 25.3 Å². The number of halogens is 2. The Morgan fingerprint density at radius 3 is 2.69 bits per heavy atom. The molecular formula is C18H13F2N3O5S. The lowest BCUT2D eigenvalue weighted by molar-refractivity contribution is -0.385. The minimum atomic E-state index is -2.99. The van der Waals surface area contributed by atoms with Gasteiger partial charge in [0.2, 0.25) is 0 Å². The van der Waals surface area contributed by atoms with Crippen LogP contribution in [-0.4, -0.2) is 29.5 Å². The van der Waals surface area contributed by atoms with Crippen LogP contribution in [0.2, 0.25) is 0 Å². The molecule has 0 spiro atoms. The number of anilines is 1. The van der Waals surface area contributed by atoms with E-state index < -0.39 is 17.4 Å². The van der Waals surface area contributed by atoms with Crippen LogP contribution in [0.1, 0.15) is 10.4 Å². The lowest BCUT2D eigenvalue weighted by Gasteiger charge is -2.08. The van der Waals surface area contributed by atoms with Crippen molar-refractivity contribution in [1.29, 1.82) is 0 Å². The van der Waals surface area contributed by atoms with Gasteiger partial charge in [-0.05, 0) is 24.3 Å². The quantitative estimate of drug-likeness (QED) is 0.442. The van der Waals surface area contributed by atoms with Crippen LogP contribution in [0.4, 0.5) is 19.6 Å². The third-order valence-corrected chi connectivity index (χ3v) is 4.50. The Morgan fingerprint density at radius 1 is 1.24 bits per heavy atom. The first kappa shape index (κ1) is 20.1. The maximum Gasteiger partial charge on any atom is 0.387 e. The maximum absolute atomic E-state index is 12.6. The van der Waals surface area contributed by atoms with Crippen molar-refractivity contribution in [2.75, 3.05) is 12.4 Å². The van der Waals surface area contributed by atoms with E-state index in [0.717, 1.165) is 17.4 Å². The fraction of sp³-hybridized carbons (Fsp3) is 0.111. The van der Waals surface area contributed by atoms with Crippen LogP contribution < -0.4 is 14.8 Å². The molecule has 0 radical (unpaired) electrons. The van der Waals surface area contributed by atoms with Gasteiger partial charge in [0.05, 0.1) is 17.7 Å². The van der Waals surface area contributed by atoms with Crippen molar-refractivity contribution in [3.8, 4) is 22.8 Å². The molecule has 1 aromatic heterocycles. The first-order chi connectivity index (χ1) is 13.9. The monoisotopic (exact) mass is 421 g/mol. The number of thiazole rings is 1. The largest absolute Gasteiger partial charge is 0.490 e. The molecule has 11 heteroatoms. The van der Waals surface area contributed by atoms with Gasteiger partial charge in [0.25, 0.3) is 5.91 Å². The van der Waals surface area contributed by atoms with E-state index in [1.54, 1.807) is 23.6 Å². The van der Waals surface area contributed by atoms with Gasteiger partial charge >= 0.3 is 12.3 Å². The number of amides is 1. The molecule has 29 heavy (non-hydrogen) atoms. The Hall–Kier alpha value is -3.60. The molecule has 1 N–H and O–H groups in total. The molecule has 0 unspecified atom stereocenters. The standard InChI is InChI=1S/C18H13F2N3O5S/c1-27-15-7-6-10(8-13(15)23(25)26)16(24)22-18-21-12(9-29-18)11-4-2-3-5-14(11)28-17(19)20/h2-9,17H,1H3,(H,21,22,24). The third kappa shape index (κ3) is 4.63. The summed E-state index contributed by atoms with van der Waals surface area (Å²) in [6, 6.07) is 9.92. The highest BCUT2D eigenvalue weighted by molar-refractivity contribution is 7.14. The molecule has 2 aromatic carbocycles. The molecule has 0 bridgehead atoms. The van der Waals surface area contributed by atoms with Crippen molar-refractivity contribution < 1.29 is 28.0 Å². The van der Waals surface area contributed by atoms with Crippen LogP contribution in [0.3, 0.4) is 0 Å². The predicted molar refractivity (Wildman–Crippen MR) is 102 cm³/mol. The molecule has 150 valence electrons. The zero-order valence-corrected chi connectivity index (χ0v) is 15.6. The summed E-state index contributed by atoms with van der Waals surface area (Å²) < 4.78 is 34.5. The molecule has 1 heterocycles. The third-order valence-electron chi connectivity index (χ3n) is 3.74. The number of nitro benzene ring substituents is 1. The van der Waals surface area contributed by atoms with Crippen molar-refractivity contribution in [2.45, 2.75) is 6.61 Å². The van der Waals surface area contributed by atoms with Gasteiger partial charge in [-0.25, -0.2) is 4.98 Å². The van der Waals surface area contributed by atoms with Crippen LogP contribution in [0.15, 0.2) is 47.8 Å². The second kappa shape index (κ2) is 8.61. The molecule has 0 aliphatic rings. The van der Waals surface area contributed by atoms with Gasteiger partial charge in [-0.2, -0.15) is 8.78 Å². The van der Waals surface area contributed by atoms with Crippen molar-refractivity contribution in [2.24, 2.45) is 0 Å². The van der Waals surface area contributed by atoms with Crippen LogP contribution >= 0.6 is 11.3 Å². The SMILES string of the molecule is COc1ccc(C(=O)Nc2nc(-c3ccccc3OC(F)F)cs2)cc1[N+](=O)[O-].